The quantitative estimate of drug-likeness (QED) is 0.0930. The van der Waals surface area contributed by atoms with Crippen LogP contribution in [0.4, 0.5) is 0 Å². The first-order chi connectivity index (χ1) is 26.9. The molecule has 0 radical (unpaired) electrons. The van der Waals surface area contributed by atoms with Crippen molar-refractivity contribution in [3.8, 4) is 17.2 Å². The van der Waals surface area contributed by atoms with Crippen LogP contribution >= 0.6 is 0 Å². The van der Waals surface area contributed by atoms with Gasteiger partial charge in [-0.1, -0.05) is 125 Å². The van der Waals surface area contributed by atoms with Crippen LogP contribution < -0.4 is 12.5 Å². The second-order valence-electron chi connectivity index (χ2n) is 14.6. The Kier molecular flexibility index (Phi) is 11.8. The summed E-state index contributed by atoms with van der Waals surface area (Å²) in [7, 11) is -12.1. The van der Waals surface area contributed by atoms with Crippen LogP contribution in [0.15, 0.2) is 185 Å². The second kappa shape index (κ2) is 16.4. The average molecular weight is 823 g/mol. The third kappa shape index (κ3) is 10.2. The molecule has 9 nitrogen and oxygen atoms in total. The van der Waals surface area contributed by atoms with Crippen LogP contribution in [0, 0.1) is 0 Å². The van der Waals surface area contributed by atoms with E-state index in [1.54, 1.807) is 91.0 Å². The van der Waals surface area contributed by atoms with Crippen LogP contribution in [0.5, 0.6) is 17.2 Å². The molecule has 0 bridgehead atoms. The Balaban J connectivity index is 1.29. The van der Waals surface area contributed by atoms with E-state index in [-0.39, 0.29) is 31.9 Å². The van der Waals surface area contributed by atoms with Gasteiger partial charge in [-0.15, -0.1) is 0 Å². The zero-order chi connectivity index (χ0) is 40.9. The lowest BCUT2D eigenvalue weighted by Gasteiger charge is -2.30. The van der Waals surface area contributed by atoms with Crippen molar-refractivity contribution in [3.05, 3.63) is 187 Å². The van der Waals surface area contributed by atoms with E-state index in [4.69, 9.17) is 12.5 Å². The lowest BCUT2D eigenvalue weighted by atomic mass is 9.74. The van der Waals surface area contributed by atoms with Gasteiger partial charge in [-0.2, -0.15) is 25.3 Å². The van der Waals surface area contributed by atoms with Gasteiger partial charge in [0.2, 0.25) is 0 Å². The van der Waals surface area contributed by atoms with Crippen molar-refractivity contribution in [1.29, 1.82) is 0 Å². The summed E-state index contributed by atoms with van der Waals surface area (Å²) in [6, 6.07) is 44.4. The number of hydrogen-bond donors (Lipinski definition) is 0. The highest BCUT2D eigenvalue weighted by atomic mass is 32.2. The molecule has 57 heavy (non-hydrogen) atoms. The predicted octanol–water partition coefficient (Wildman–Crippen LogP) is 9.72. The van der Waals surface area contributed by atoms with Crippen molar-refractivity contribution in [2.24, 2.45) is 0 Å². The molecule has 6 aromatic carbocycles. The lowest BCUT2D eigenvalue weighted by molar-refractivity contribution is 0.483. The fraction of sp³-hybridized carbons (Fsp3) is 0.156. The van der Waals surface area contributed by atoms with Crippen molar-refractivity contribution in [3.63, 3.8) is 0 Å². The molecule has 0 atom stereocenters. The Morgan fingerprint density at radius 1 is 0.439 bits per heavy atom. The maximum absolute atomic E-state index is 12.9. The molecule has 0 amide bonds. The average Bonchev–Trinajstić information content (AvgIpc) is 3.19. The fourth-order valence-electron chi connectivity index (χ4n) is 6.25. The molecule has 0 aliphatic rings. The van der Waals surface area contributed by atoms with Gasteiger partial charge in [0.1, 0.15) is 31.9 Å². The molecule has 6 rings (SSSR count). The fourth-order valence-corrected chi connectivity index (χ4v) is 9.10. The molecule has 6 aromatic rings. The maximum Gasteiger partial charge on any atom is 0.339 e. The third-order valence-electron chi connectivity index (χ3n) is 9.34. The van der Waals surface area contributed by atoms with Crippen molar-refractivity contribution in [1.82, 2.24) is 0 Å². The van der Waals surface area contributed by atoms with Crippen LogP contribution in [-0.4, -0.2) is 25.3 Å². The number of rotatable bonds is 15. The summed E-state index contributed by atoms with van der Waals surface area (Å²) in [5.41, 5.74) is 2.49. The molecule has 12 heteroatoms. The summed E-state index contributed by atoms with van der Waals surface area (Å²) in [5, 5.41) is 0. The molecule has 0 aliphatic heterocycles. The van der Waals surface area contributed by atoms with Crippen molar-refractivity contribution in [2.45, 2.75) is 59.6 Å². The first-order valence-corrected chi connectivity index (χ1v) is 22.2. The summed E-state index contributed by atoms with van der Waals surface area (Å²) in [4.78, 5) is 0.152. The molecule has 294 valence electrons. The van der Waals surface area contributed by atoms with Crippen molar-refractivity contribution >= 4 is 35.9 Å². The molecule has 0 unspecified atom stereocenters. The van der Waals surface area contributed by atoms with E-state index in [1.165, 1.54) is 36.4 Å². The van der Waals surface area contributed by atoms with Gasteiger partial charge >= 0.3 is 30.4 Å². The molecular formula is C45H42O9S3. The monoisotopic (exact) mass is 822 g/mol. The summed E-state index contributed by atoms with van der Waals surface area (Å²) < 4.78 is 93.5. The van der Waals surface area contributed by atoms with Crippen LogP contribution in [0.2, 0.25) is 0 Å². The normalized spacial score (nSPS) is 12.8. The van der Waals surface area contributed by atoms with Crippen molar-refractivity contribution in [2.75, 3.05) is 0 Å². The minimum Gasteiger partial charge on any atom is -0.379 e. The Labute approximate surface area is 335 Å². The Hall–Kier alpha value is -5.69. The molecule has 0 saturated heterocycles. The molecule has 0 fully saturated rings. The van der Waals surface area contributed by atoms with Gasteiger partial charge in [0.05, 0.1) is 0 Å². The van der Waals surface area contributed by atoms with Gasteiger partial charge in [0, 0.05) is 5.41 Å². The summed E-state index contributed by atoms with van der Waals surface area (Å²) in [5.74, 6) is 0.511. The van der Waals surface area contributed by atoms with Crippen molar-refractivity contribution < 1.29 is 37.8 Å². The van der Waals surface area contributed by atoms with Crippen LogP contribution in [-0.2, 0) is 41.2 Å². The summed E-state index contributed by atoms with van der Waals surface area (Å²) >= 11 is 0. The number of allylic oxidation sites excluding steroid dienone is 2. The molecule has 0 spiro atoms. The van der Waals surface area contributed by atoms with Crippen LogP contribution in [0.25, 0.3) is 5.57 Å². The molecule has 0 aromatic heterocycles. The highest BCUT2D eigenvalue weighted by molar-refractivity contribution is 7.87. The SMILES string of the molecule is CC(C)(/C=C(/CC(C)(C)c1ccc(OS(=O)(=O)c2ccccc2)cc1)c1ccc(OS(=O)(=O)c2ccccc2)cc1)c1ccc(OS(=O)(=O)c2ccccc2)cc1. The highest BCUT2D eigenvalue weighted by Crippen LogP contribution is 2.39. The van der Waals surface area contributed by atoms with E-state index in [2.05, 4.69) is 19.9 Å². The number of hydrogen-bond acceptors (Lipinski definition) is 9. The van der Waals surface area contributed by atoms with Gasteiger partial charge in [0.15, 0.2) is 0 Å². The smallest absolute Gasteiger partial charge is 0.339 e. The van der Waals surface area contributed by atoms with Crippen LogP contribution in [0.3, 0.4) is 0 Å². The lowest BCUT2D eigenvalue weighted by Crippen LogP contribution is -2.20. The molecule has 0 N–H and O–H groups in total. The second-order valence-corrected chi connectivity index (χ2v) is 19.2. The summed E-state index contributed by atoms with van der Waals surface area (Å²) in [6.45, 7) is 8.24. The van der Waals surface area contributed by atoms with E-state index in [1.807, 2.05) is 50.2 Å². The Morgan fingerprint density at radius 2 is 0.754 bits per heavy atom. The van der Waals surface area contributed by atoms with E-state index in [0.29, 0.717) is 6.42 Å². The van der Waals surface area contributed by atoms with Gasteiger partial charge in [-0.05, 0) is 107 Å². The van der Waals surface area contributed by atoms with Gasteiger partial charge < -0.3 is 12.5 Å². The predicted molar refractivity (Wildman–Crippen MR) is 221 cm³/mol. The van der Waals surface area contributed by atoms with E-state index in [0.717, 1.165) is 22.3 Å². The van der Waals surface area contributed by atoms with Gasteiger partial charge in [-0.3, -0.25) is 0 Å². The summed E-state index contributed by atoms with van der Waals surface area (Å²) in [6.07, 6.45) is 2.64. The zero-order valence-electron chi connectivity index (χ0n) is 31.8. The van der Waals surface area contributed by atoms with E-state index < -0.39 is 41.2 Å². The first kappa shape index (κ1) is 41.0. The largest absolute Gasteiger partial charge is 0.379 e. The van der Waals surface area contributed by atoms with E-state index in [9.17, 15) is 25.3 Å². The minimum atomic E-state index is -4.05. The Morgan fingerprint density at radius 3 is 1.11 bits per heavy atom. The zero-order valence-corrected chi connectivity index (χ0v) is 34.2. The minimum absolute atomic E-state index is 0.0429. The van der Waals surface area contributed by atoms with E-state index >= 15 is 0 Å². The van der Waals surface area contributed by atoms with Gasteiger partial charge in [-0.25, -0.2) is 0 Å². The molecule has 0 aliphatic carbocycles. The topological polar surface area (TPSA) is 130 Å². The first-order valence-electron chi connectivity index (χ1n) is 18.0. The molecule has 0 saturated carbocycles. The van der Waals surface area contributed by atoms with Gasteiger partial charge in [0.25, 0.3) is 0 Å². The number of benzene rings is 6. The highest BCUT2D eigenvalue weighted by Gasteiger charge is 2.27. The standard InChI is InChI=1S/C45H42O9S3/c1-44(2,36-22-28-39(29-23-36)53-56(48,49)42-16-10-6-11-17-42)32-35(34-20-26-38(27-21-34)52-55(46,47)41-14-8-5-9-15-41)33-45(3,4)37-24-30-40(31-25-37)54-57(50,51)43-18-12-7-13-19-43/h5-32H,33H2,1-4H3/b35-32-. The third-order valence-corrected chi connectivity index (χ3v) is 13.1. The molecular weight excluding hydrogens is 781 g/mol. The maximum atomic E-state index is 12.9. The Bertz CT molecular complexity index is 2660. The molecule has 0 heterocycles. The van der Waals surface area contributed by atoms with Crippen LogP contribution in [0.1, 0.15) is 50.8 Å².